The smallest absolute Gasteiger partial charge is 0.237 e. The Morgan fingerprint density at radius 1 is 1.07 bits per heavy atom. The van der Waals surface area contributed by atoms with Crippen LogP contribution in [-0.2, 0) is 20.8 Å². The summed E-state index contributed by atoms with van der Waals surface area (Å²) in [6.07, 6.45) is 1.94. The zero-order valence-corrected chi connectivity index (χ0v) is 16.5. The van der Waals surface area contributed by atoms with Crippen LogP contribution in [0.5, 0.6) is 0 Å². The summed E-state index contributed by atoms with van der Waals surface area (Å²) in [6.45, 7) is 1.45. The molecule has 0 spiro atoms. The van der Waals surface area contributed by atoms with Gasteiger partial charge in [0.1, 0.15) is 0 Å². The van der Waals surface area contributed by atoms with Crippen LogP contribution < -0.4 is 16.0 Å². The fraction of sp³-hybridized carbons (Fsp3) is 0.286. The Morgan fingerprint density at radius 3 is 2.46 bits per heavy atom. The first kappa shape index (κ1) is 19.9. The van der Waals surface area contributed by atoms with Gasteiger partial charge in [0.05, 0.1) is 5.25 Å². The Balaban J connectivity index is 1.44. The van der Waals surface area contributed by atoms with Crippen LogP contribution in [0.4, 0.5) is 17.1 Å². The number of carbonyl (C=O) groups excluding carboxylic acids is 3. The van der Waals surface area contributed by atoms with Gasteiger partial charge in [0.25, 0.3) is 0 Å². The van der Waals surface area contributed by atoms with Crippen molar-refractivity contribution in [2.75, 3.05) is 21.7 Å². The molecule has 3 N–H and O–H groups in total. The second-order valence-corrected chi connectivity index (χ2v) is 7.91. The Hall–Kier alpha value is -2.80. The molecular formula is C21H23N3O3S. The number of anilines is 3. The lowest BCUT2D eigenvalue weighted by molar-refractivity contribution is -0.116. The van der Waals surface area contributed by atoms with E-state index < -0.39 is 0 Å². The van der Waals surface area contributed by atoms with Crippen molar-refractivity contribution < 1.29 is 14.4 Å². The third kappa shape index (κ3) is 5.60. The third-order valence-electron chi connectivity index (χ3n) is 4.38. The lowest BCUT2D eigenvalue weighted by Gasteiger charge is -2.13. The molecule has 1 aliphatic heterocycles. The molecule has 28 heavy (non-hydrogen) atoms. The minimum absolute atomic E-state index is 0.00363. The molecule has 0 radical (unpaired) electrons. The Labute approximate surface area is 168 Å². The molecule has 1 atom stereocenters. The van der Waals surface area contributed by atoms with E-state index in [4.69, 9.17) is 0 Å². The number of carbonyl (C=O) groups is 3. The summed E-state index contributed by atoms with van der Waals surface area (Å²) in [7, 11) is 0. The van der Waals surface area contributed by atoms with Crippen LogP contribution in [0.15, 0.2) is 48.5 Å². The SMILES string of the molecule is CC(=O)Nc1ccc(NC(=O)CCSC2CCc3ccccc3NC2=O)cc1. The molecular weight excluding hydrogens is 374 g/mol. The number of rotatable bonds is 6. The van der Waals surface area contributed by atoms with Crippen molar-refractivity contribution in [1.29, 1.82) is 0 Å². The number of benzene rings is 2. The van der Waals surface area contributed by atoms with Gasteiger partial charge < -0.3 is 16.0 Å². The van der Waals surface area contributed by atoms with Gasteiger partial charge in [-0.2, -0.15) is 0 Å². The van der Waals surface area contributed by atoms with E-state index in [1.54, 1.807) is 24.3 Å². The minimum atomic E-state index is -0.155. The number of hydrogen-bond donors (Lipinski definition) is 3. The van der Waals surface area contributed by atoms with Crippen molar-refractivity contribution in [3.8, 4) is 0 Å². The summed E-state index contributed by atoms with van der Waals surface area (Å²) in [6, 6.07) is 14.8. The summed E-state index contributed by atoms with van der Waals surface area (Å²) >= 11 is 1.52. The van der Waals surface area contributed by atoms with Crippen molar-refractivity contribution >= 4 is 46.5 Å². The molecule has 1 heterocycles. The molecule has 1 unspecified atom stereocenters. The molecule has 2 aromatic carbocycles. The summed E-state index contributed by atoms with van der Waals surface area (Å²) < 4.78 is 0. The highest BCUT2D eigenvalue weighted by molar-refractivity contribution is 8.00. The maximum absolute atomic E-state index is 12.4. The fourth-order valence-corrected chi connectivity index (χ4v) is 4.09. The molecule has 2 aromatic rings. The molecule has 0 saturated heterocycles. The predicted octanol–water partition coefficient (Wildman–Crippen LogP) is 3.66. The monoisotopic (exact) mass is 397 g/mol. The minimum Gasteiger partial charge on any atom is -0.326 e. The van der Waals surface area contributed by atoms with Crippen molar-refractivity contribution in [2.45, 2.75) is 31.4 Å². The highest BCUT2D eigenvalue weighted by Gasteiger charge is 2.23. The van der Waals surface area contributed by atoms with Gasteiger partial charge in [-0.05, 0) is 48.7 Å². The molecule has 3 rings (SSSR count). The number of nitrogens with one attached hydrogen (secondary N) is 3. The average Bonchev–Trinajstić information content (AvgIpc) is 2.82. The first-order valence-electron chi connectivity index (χ1n) is 9.19. The second-order valence-electron chi connectivity index (χ2n) is 6.60. The topological polar surface area (TPSA) is 87.3 Å². The van der Waals surface area contributed by atoms with Gasteiger partial charge in [-0.15, -0.1) is 11.8 Å². The molecule has 3 amide bonds. The van der Waals surface area contributed by atoms with Crippen LogP contribution in [0.3, 0.4) is 0 Å². The molecule has 0 bridgehead atoms. The molecule has 1 aliphatic rings. The molecule has 0 aromatic heterocycles. The van der Waals surface area contributed by atoms with Crippen molar-refractivity contribution in [1.82, 2.24) is 0 Å². The fourth-order valence-electron chi connectivity index (χ4n) is 3.01. The molecule has 146 valence electrons. The number of aryl methyl sites for hydroxylation is 1. The first-order chi connectivity index (χ1) is 13.5. The van der Waals surface area contributed by atoms with E-state index in [2.05, 4.69) is 16.0 Å². The van der Waals surface area contributed by atoms with Crippen LogP contribution in [0.25, 0.3) is 0 Å². The van der Waals surface area contributed by atoms with Crippen LogP contribution in [-0.4, -0.2) is 28.7 Å². The third-order valence-corrected chi connectivity index (χ3v) is 5.67. The van der Waals surface area contributed by atoms with Gasteiger partial charge >= 0.3 is 0 Å². The summed E-state index contributed by atoms with van der Waals surface area (Å²) in [5.74, 6) is 0.338. The standard InChI is InChI=1S/C21H23N3O3S/c1-14(25)22-16-7-9-17(10-8-16)23-20(26)12-13-28-19-11-6-15-4-2-3-5-18(15)24-21(19)27/h2-5,7-10,19H,6,11-13H2,1H3,(H,22,25)(H,23,26)(H,24,27). The maximum atomic E-state index is 12.4. The van der Waals surface area contributed by atoms with Gasteiger partial charge in [-0.1, -0.05) is 18.2 Å². The highest BCUT2D eigenvalue weighted by Crippen LogP contribution is 2.27. The van der Waals surface area contributed by atoms with Gasteiger partial charge in [0, 0.05) is 36.2 Å². The van der Waals surface area contributed by atoms with Crippen LogP contribution in [0.2, 0.25) is 0 Å². The maximum Gasteiger partial charge on any atom is 0.237 e. The predicted molar refractivity (Wildman–Crippen MR) is 114 cm³/mol. The zero-order chi connectivity index (χ0) is 19.9. The summed E-state index contributed by atoms with van der Waals surface area (Å²) in [5, 5.41) is 8.33. The van der Waals surface area contributed by atoms with Crippen molar-refractivity contribution in [2.24, 2.45) is 0 Å². The molecule has 7 heteroatoms. The zero-order valence-electron chi connectivity index (χ0n) is 15.7. The van der Waals surface area contributed by atoms with E-state index in [1.807, 2.05) is 24.3 Å². The lowest BCUT2D eigenvalue weighted by atomic mass is 10.1. The number of fused-ring (bicyclic) bond motifs is 1. The summed E-state index contributed by atoms with van der Waals surface area (Å²) in [4.78, 5) is 35.6. The van der Waals surface area contributed by atoms with Crippen LogP contribution in [0.1, 0.15) is 25.3 Å². The van der Waals surface area contributed by atoms with E-state index in [0.29, 0.717) is 23.5 Å². The molecule has 0 aliphatic carbocycles. The van der Waals surface area contributed by atoms with Crippen LogP contribution in [0, 0.1) is 0 Å². The second kappa shape index (κ2) is 9.41. The van der Waals surface area contributed by atoms with E-state index in [0.717, 1.165) is 24.1 Å². The number of thioether (sulfide) groups is 1. The lowest BCUT2D eigenvalue weighted by Crippen LogP contribution is -2.24. The number of hydrogen-bond acceptors (Lipinski definition) is 4. The summed E-state index contributed by atoms with van der Waals surface area (Å²) in [5.41, 5.74) is 3.39. The molecule has 0 fully saturated rings. The van der Waals surface area contributed by atoms with Gasteiger partial charge in [-0.25, -0.2) is 0 Å². The quantitative estimate of drug-likeness (QED) is 0.694. The van der Waals surface area contributed by atoms with Crippen LogP contribution >= 0.6 is 11.8 Å². The van der Waals surface area contributed by atoms with Gasteiger partial charge in [0.15, 0.2) is 0 Å². The molecule has 0 saturated carbocycles. The normalized spacial score (nSPS) is 15.8. The highest BCUT2D eigenvalue weighted by atomic mass is 32.2. The Bertz CT molecular complexity index is 867. The largest absolute Gasteiger partial charge is 0.326 e. The van der Waals surface area contributed by atoms with E-state index >= 15 is 0 Å². The number of para-hydroxylation sites is 1. The average molecular weight is 398 g/mol. The van der Waals surface area contributed by atoms with E-state index in [1.165, 1.54) is 18.7 Å². The van der Waals surface area contributed by atoms with E-state index in [-0.39, 0.29) is 23.0 Å². The Kier molecular flexibility index (Phi) is 6.71. The first-order valence-corrected chi connectivity index (χ1v) is 10.2. The van der Waals surface area contributed by atoms with E-state index in [9.17, 15) is 14.4 Å². The van der Waals surface area contributed by atoms with Gasteiger partial charge in [-0.3, -0.25) is 14.4 Å². The van der Waals surface area contributed by atoms with Gasteiger partial charge in [0.2, 0.25) is 17.7 Å². The van der Waals surface area contributed by atoms with Crippen molar-refractivity contribution in [3.63, 3.8) is 0 Å². The Morgan fingerprint density at radius 2 is 1.75 bits per heavy atom. The van der Waals surface area contributed by atoms with Crippen molar-refractivity contribution in [3.05, 3.63) is 54.1 Å². The number of amides is 3. The molecule has 6 nitrogen and oxygen atoms in total.